The summed E-state index contributed by atoms with van der Waals surface area (Å²) in [5.74, 6) is 0. The van der Waals surface area contributed by atoms with Crippen LogP contribution in [-0.4, -0.2) is 13.4 Å². The molecule has 0 bridgehead atoms. The van der Waals surface area contributed by atoms with E-state index < -0.39 is 10.0 Å². The molecule has 0 spiro atoms. The average molecular weight is 341 g/mol. The number of halogens is 1. The SMILES string of the molecule is NC(=S)c1ccc(S(=O)(=O)NCc2ccc(Cl)cc2)cc1. The van der Waals surface area contributed by atoms with Crippen molar-refractivity contribution in [2.45, 2.75) is 11.4 Å². The van der Waals surface area contributed by atoms with E-state index in [1.807, 2.05) is 0 Å². The van der Waals surface area contributed by atoms with Gasteiger partial charge in [0.1, 0.15) is 4.99 Å². The van der Waals surface area contributed by atoms with Gasteiger partial charge in [0.05, 0.1) is 4.90 Å². The van der Waals surface area contributed by atoms with Crippen LogP contribution in [0.15, 0.2) is 53.4 Å². The minimum absolute atomic E-state index is 0.163. The first kappa shape index (κ1) is 15.9. The summed E-state index contributed by atoms with van der Waals surface area (Å²) in [6.45, 7) is 0.191. The van der Waals surface area contributed by atoms with Crippen molar-refractivity contribution in [1.82, 2.24) is 4.72 Å². The maximum absolute atomic E-state index is 12.2. The van der Waals surface area contributed by atoms with Crippen molar-refractivity contribution in [3.05, 3.63) is 64.7 Å². The number of hydrogen-bond donors (Lipinski definition) is 2. The Bertz CT molecular complexity index is 742. The lowest BCUT2D eigenvalue weighted by molar-refractivity contribution is 0.581. The second-order valence-corrected chi connectivity index (χ2v) is 6.98. The molecular weight excluding hydrogens is 328 g/mol. The normalized spacial score (nSPS) is 11.3. The van der Waals surface area contributed by atoms with Crippen LogP contribution >= 0.6 is 23.8 Å². The zero-order valence-electron chi connectivity index (χ0n) is 10.9. The smallest absolute Gasteiger partial charge is 0.240 e. The Morgan fingerprint density at radius 3 is 2.19 bits per heavy atom. The van der Waals surface area contributed by atoms with Gasteiger partial charge in [-0.25, -0.2) is 13.1 Å². The van der Waals surface area contributed by atoms with Crippen LogP contribution < -0.4 is 10.5 Å². The lowest BCUT2D eigenvalue weighted by atomic mass is 10.2. The molecule has 3 N–H and O–H groups in total. The number of nitrogens with one attached hydrogen (secondary N) is 1. The molecule has 0 aliphatic rings. The number of rotatable bonds is 5. The lowest BCUT2D eigenvalue weighted by Gasteiger charge is -2.07. The Kier molecular flexibility index (Phi) is 4.95. The monoisotopic (exact) mass is 340 g/mol. The van der Waals surface area contributed by atoms with Crippen LogP contribution in [0.5, 0.6) is 0 Å². The second kappa shape index (κ2) is 6.53. The predicted octanol–water partition coefficient (Wildman–Crippen LogP) is 2.45. The quantitative estimate of drug-likeness (QED) is 0.820. The van der Waals surface area contributed by atoms with Gasteiger partial charge in [-0.05, 0) is 29.8 Å². The predicted molar refractivity (Wildman–Crippen MR) is 87.8 cm³/mol. The highest BCUT2D eigenvalue weighted by molar-refractivity contribution is 7.89. The fourth-order valence-corrected chi connectivity index (χ4v) is 2.94. The summed E-state index contributed by atoms with van der Waals surface area (Å²) in [4.78, 5) is 0.393. The van der Waals surface area contributed by atoms with Gasteiger partial charge in [-0.3, -0.25) is 0 Å². The van der Waals surface area contributed by atoms with Crippen LogP contribution in [0, 0.1) is 0 Å². The zero-order valence-corrected chi connectivity index (χ0v) is 13.3. The van der Waals surface area contributed by atoms with Crippen LogP contribution in [0.25, 0.3) is 0 Å². The van der Waals surface area contributed by atoms with Crippen molar-refractivity contribution >= 4 is 38.8 Å². The van der Waals surface area contributed by atoms with Crippen LogP contribution in [0.2, 0.25) is 5.02 Å². The molecule has 2 rings (SSSR count). The second-order valence-electron chi connectivity index (χ2n) is 4.34. The van der Waals surface area contributed by atoms with Gasteiger partial charge in [-0.1, -0.05) is 48.1 Å². The maximum Gasteiger partial charge on any atom is 0.240 e. The van der Waals surface area contributed by atoms with Gasteiger partial charge in [0.15, 0.2) is 0 Å². The first-order valence-electron chi connectivity index (χ1n) is 6.02. The molecule has 0 radical (unpaired) electrons. The molecule has 110 valence electrons. The maximum atomic E-state index is 12.2. The molecule has 0 aliphatic carbocycles. The van der Waals surface area contributed by atoms with E-state index in [4.69, 9.17) is 29.6 Å². The van der Waals surface area contributed by atoms with Gasteiger partial charge in [0.2, 0.25) is 10.0 Å². The summed E-state index contributed by atoms with van der Waals surface area (Å²) in [5.41, 5.74) is 6.92. The van der Waals surface area contributed by atoms with E-state index in [1.54, 1.807) is 36.4 Å². The molecule has 0 saturated carbocycles. The minimum Gasteiger partial charge on any atom is -0.389 e. The van der Waals surface area contributed by atoms with Crippen molar-refractivity contribution in [1.29, 1.82) is 0 Å². The Balaban J connectivity index is 2.11. The summed E-state index contributed by atoms with van der Waals surface area (Å²) in [6.07, 6.45) is 0. The molecule has 0 amide bonds. The van der Waals surface area contributed by atoms with Gasteiger partial charge in [0.25, 0.3) is 0 Å². The molecule has 0 aromatic heterocycles. The molecular formula is C14H13ClN2O2S2. The number of sulfonamides is 1. The van der Waals surface area contributed by atoms with Crippen LogP contribution in [0.4, 0.5) is 0 Å². The highest BCUT2D eigenvalue weighted by Crippen LogP contribution is 2.13. The van der Waals surface area contributed by atoms with Crippen molar-refractivity contribution in [2.24, 2.45) is 5.73 Å². The number of hydrogen-bond acceptors (Lipinski definition) is 3. The molecule has 4 nitrogen and oxygen atoms in total. The third kappa shape index (κ3) is 4.25. The molecule has 7 heteroatoms. The molecule has 2 aromatic carbocycles. The van der Waals surface area contributed by atoms with Crippen molar-refractivity contribution in [3.8, 4) is 0 Å². The Labute approximate surface area is 134 Å². The highest BCUT2D eigenvalue weighted by atomic mass is 35.5. The molecule has 2 aromatic rings. The Hall–Kier alpha value is -1.47. The van der Waals surface area contributed by atoms with E-state index in [1.165, 1.54) is 12.1 Å². The molecule has 0 heterocycles. The summed E-state index contributed by atoms with van der Waals surface area (Å²) >= 11 is 10.6. The lowest BCUT2D eigenvalue weighted by Crippen LogP contribution is -2.23. The van der Waals surface area contributed by atoms with Gasteiger partial charge >= 0.3 is 0 Å². The first-order valence-corrected chi connectivity index (χ1v) is 8.29. The number of benzene rings is 2. The van der Waals surface area contributed by atoms with Crippen LogP contribution in [-0.2, 0) is 16.6 Å². The van der Waals surface area contributed by atoms with Gasteiger partial charge < -0.3 is 5.73 Å². The van der Waals surface area contributed by atoms with Crippen LogP contribution in [0.3, 0.4) is 0 Å². The number of nitrogens with two attached hydrogens (primary N) is 1. The third-order valence-electron chi connectivity index (χ3n) is 2.83. The van der Waals surface area contributed by atoms with Gasteiger partial charge in [-0.15, -0.1) is 0 Å². The fraction of sp³-hybridized carbons (Fsp3) is 0.0714. The largest absolute Gasteiger partial charge is 0.389 e. The Morgan fingerprint density at radius 1 is 1.10 bits per heavy atom. The van der Waals surface area contributed by atoms with E-state index in [-0.39, 0.29) is 16.4 Å². The zero-order chi connectivity index (χ0) is 15.5. The summed E-state index contributed by atoms with van der Waals surface area (Å²) < 4.78 is 26.8. The third-order valence-corrected chi connectivity index (χ3v) is 4.73. The highest BCUT2D eigenvalue weighted by Gasteiger charge is 2.13. The fourth-order valence-electron chi connectivity index (χ4n) is 1.66. The van der Waals surface area contributed by atoms with E-state index in [0.717, 1.165) is 5.56 Å². The molecule has 0 atom stereocenters. The van der Waals surface area contributed by atoms with Crippen molar-refractivity contribution < 1.29 is 8.42 Å². The van der Waals surface area contributed by atoms with Crippen molar-refractivity contribution in [2.75, 3.05) is 0 Å². The first-order chi connectivity index (χ1) is 9.88. The molecule has 21 heavy (non-hydrogen) atoms. The molecule has 0 aliphatic heterocycles. The molecule has 0 saturated heterocycles. The Morgan fingerprint density at radius 2 is 1.67 bits per heavy atom. The van der Waals surface area contributed by atoms with E-state index >= 15 is 0 Å². The summed E-state index contributed by atoms with van der Waals surface area (Å²) in [5, 5.41) is 0.606. The average Bonchev–Trinajstić information content (AvgIpc) is 2.47. The summed E-state index contributed by atoms with van der Waals surface area (Å²) in [7, 11) is -3.58. The van der Waals surface area contributed by atoms with Gasteiger partial charge in [-0.2, -0.15) is 0 Å². The molecule has 0 fully saturated rings. The summed E-state index contributed by atoms with van der Waals surface area (Å²) in [6, 6.07) is 13.1. The minimum atomic E-state index is -3.58. The van der Waals surface area contributed by atoms with E-state index in [0.29, 0.717) is 10.6 Å². The number of thiocarbonyl (C=S) groups is 1. The standard InChI is InChI=1S/C14H13ClN2O2S2/c15-12-5-1-10(2-6-12)9-17-21(18,19)13-7-3-11(4-8-13)14(16)20/h1-8,17H,9H2,(H2,16,20). The van der Waals surface area contributed by atoms with Crippen molar-refractivity contribution in [3.63, 3.8) is 0 Å². The van der Waals surface area contributed by atoms with E-state index in [2.05, 4.69) is 4.72 Å². The topological polar surface area (TPSA) is 72.2 Å². The van der Waals surface area contributed by atoms with Gasteiger partial charge in [0, 0.05) is 17.1 Å². The van der Waals surface area contributed by atoms with Crippen LogP contribution in [0.1, 0.15) is 11.1 Å². The van der Waals surface area contributed by atoms with E-state index in [9.17, 15) is 8.42 Å². The molecule has 0 unspecified atom stereocenters.